The van der Waals surface area contributed by atoms with Gasteiger partial charge in [0.25, 0.3) is 0 Å². The Kier molecular flexibility index (Phi) is 2.72. The smallest absolute Gasteiger partial charge is 0.000712 e. The van der Waals surface area contributed by atoms with Crippen molar-refractivity contribution in [2.75, 3.05) is 19.6 Å². The molecule has 0 radical (unpaired) electrons. The maximum absolute atomic E-state index is 2.55. The van der Waals surface area contributed by atoms with Crippen LogP contribution in [0.4, 0.5) is 0 Å². The van der Waals surface area contributed by atoms with E-state index in [1.165, 1.54) is 26.1 Å². The maximum atomic E-state index is 2.55. The molecular formula is C9H19N. The Hall–Kier alpha value is -0.0400. The highest BCUT2D eigenvalue weighted by atomic mass is 15.1. The number of hydrogen-bond acceptors (Lipinski definition) is 1. The van der Waals surface area contributed by atoms with Gasteiger partial charge in [-0.25, -0.2) is 0 Å². The van der Waals surface area contributed by atoms with Crippen molar-refractivity contribution in [3.8, 4) is 0 Å². The Morgan fingerprint density at radius 1 is 1.20 bits per heavy atom. The molecule has 1 saturated heterocycles. The second kappa shape index (κ2) is 3.38. The summed E-state index contributed by atoms with van der Waals surface area (Å²) in [6.07, 6.45) is 1.43. The van der Waals surface area contributed by atoms with E-state index in [4.69, 9.17) is 0 Å². The summed E-state index contributed by atoms with van der Waals surface area (Å²) in [4.78, 5) is 2.55. The molecule has 0 N–H and O–H groups in total. The quantitative estimate of drug-likeness (QED) is 0.540. The zero-order chi connectivity index (χ0) is 7.56. The lowest BCUT2D eigenvalue weighted by Crippen LogP contribution is -2.38. The molecule has 1 heteroatoms. The number of likely N-dealkylation sites (tertiary alicyclic amines) is 1. The van der Waals surface area contributed by atoms with Crippen LogP contribution in [0.25, 0.3) is 0 Å². The fourth-order valence-corrected chi connectivity index (χ4v) is 2.05. The Labute approximate surface area is 64.4 Å². The predicted molar refractivity (Wildman–Crippen MR) is 45.1 cm³/mol. The Bertz CT molecular complexity index is 90.9. The van der Waals surface area contributed by atoms with Crippen molar-refractivity contribution in [3.05, 3.63) is 0 Å². The summed E-state index contributed by atoms with van der Waals surface area (Å²) in [6.45, 7) is 10.8. The van der Waals surface area contributed by atoms with Gasteiger partial charge in [-0.3, -0.25) is 0 Å². The molecule has 2 atom stereocenters. The minimum absolute atomic E-state index is 0.920. The zero-order valence-electron chi connectivity index (χ0n) is 7.43. The number of nitrogens with zero attached hydrogens (tertiary/aromatic N) is 1. The van der Waals surface area contributed by atoms with E-state index in [1.54, 1.807) is 0 Å². The predicted octanol–water partition coefficient (Wildman–Crippen LogP) is 1.98. The van der Waals surface area contributed by atoms with Gasteiger partial charge in [-0.15, -0.1) is 0 Å². The van der Waals surface area contributed by atoms with Gasteiger partial charge in [0, 0.05) is 13.1 Å². The van der Waals surface area contributed by atoms with E-state index in [-0.39, 0.29) is 0 Å². The van der Waals surface area contributed by atoms with Crippen LogP contribution in [-0.2, 0) is 0 Å². The summed E-state index contributed by atoms with van der Waals surface area (Å²) >= 11 is 0. The molecule has 1 aliphatic rings. The molecule has 0 spiro atoms. The molecule has 1 rings (SSSR count). The van der Waals surface area contributed by atoms with Gasteiger partial charge < -0.3 is 4.90 Å². The van der Waals surface area contributed by atoms with Crippen LogP contribution in [0.15, 0.2) is 0 Å². The van der Waals surface area contributed by atoms with Crippen molar-refractivity contribution in [1.82, 2.24) is 4.90 Å². The Morgan fingerprint density at radius 2 is 1.70 bits per heavy atom. The molecule has 60 valence electrons. The maximum Gasteiger partial charge on any atom is 0.000712 e. The summed E-state index contributed by atoms with van der Waals surface area (Å²) in [5.41, 5.74) is 0. The third-order valence-electron chi connectivity index (χ3n) is 2.39. The monoisotopic (exact) mass is 141 g/mol. The molecule has 0 unspecified atom stereocenters. The second-order valence-electron chi connectivity index (χ2n) is 3.80. The first-order valence-electron chi connectivity index (χ1n) is 4.44. The molecule has 0 aliphatic carbocycles. The molecule has 1 heterocycles. The molecular weight excluding hydrogens is 122 g/mol. The van der Waals surface area contributed by atoms with Crippen LogP contribution in [0.3, 0.4) is 0 Å². The topological polar surface area (TPSA) is 3.24 Å². The van der Waals surface area contributed by atoms with Gasteiger partial charge in [-0.2, -0.15) is 0 Å². The van der Waals surface area contributed by atoms with E-state index in [2.05, 4.69) is 25.7 Å². The van der Waals surface area contributed by atoms with Crippen molar-refractivity contribution >= 4 is 0 Å². The number of hydrogen-bond donors (Lipinski definition) is 0. The van der Waals surface area contributed by atoms with Gasteiger partial charge in [-0.1, -0.05) is 20.8 Å². The first-order chi connectivity index (χ1) is 4.72. The largest absolute Gasteiger partial charge is 0.303 e. The molecule has 1 nitrogen and oxygen atoms in total. The van der Waals surface area contributed by atoms with Crippen LogP contribution in [0, 0.1) is 11.8 Å². The Morgan fingerprint density at radius 3 is 2.10 bits per heavy atom. The van der Waals surface area contributed by atoms with Gasteiger partial charge in [-0.05, 0) is 24.8 Å². The first-order valence-corrected chi connectivity index (χ1v) is 4.44. The van der Waals surface area contributed by atoms with Gasteiger partial charge in [0.1, 0.15) is 0 Å². The highest BCUT2D eigenvalue weighted by Gasteiger charge is 2.19. The molecule has 0 saturated carbocycles. The van der Waals surface area contributed by atoms with Crippen molar-refractivity contribution in [3.63, 3.8) is 0 Å². The standard InChI is InChI=1S/C9H19N/c1-4-10-6-8(2)5-9(3)7-10/h8-9H,4-7H2,1-3H3/t8-,9-/m1/s1. The molecule has 0 aromatic heterocycles. The van der Waals surface area contributed by atoms with E-state index < -0.39 is 0 Å². The molecule has 1 aliphatic heterocycles. The normalized spacial score (nSPS) is 36.3. The third-order valence-corrected chi connectivity index (χ3v) is 2.39. The fourth-order valence-electron chi connectivity index (χ4n) is 2.05. The lowest BCUT2D eigenvalue weighted by Gasteiger charge is -2.33. The lowest BCUT2D eigenvalue weighted by molar-refractivity contribution is 0.148. The lowest BCUT2D eigenvalue weighted by atomic mass is 9.92. The van der Waals surface area contributed by atoms with Crippen LogP contribution < -0.4 is 0 Å². The summed E-state index contributed by atoms with van der Waals surface area (Å²) in [5.74, 6) is 1.84. The highest BCUT2D eigenvalue weighted by molar-refractivity contribution is 4.73. The molecule has 1 fully saturated rings. The minimum Gasteiger partial charge on any atom is -0.303 e. The number of piperidine rings is 1. The van der Waals surface area contributed by atoms with Crippen molar-refractivity contribution in [2.24, 2.45) is 11.8 Å². The SMILES string of the molecule is CCN1C[C@H](C)C[C@@H](C)C1. The minimum atomic E-state index is 0.920. The van der Waals surface area contributed by atoms with E-state index in [0.717, 1.165) is 11.8 Å². The van der Waals surface area contributed by atoms with E-state index >= 15 is 0 Å². The van der Waals surface area contributed by atoms with E-state index in [0.29, 0.717) is 0 Å². The van der Waals surface area contributed by atoms with Gasteiger partial charge in [0.15, 0.2) is 0 Å². The summed E-state index contributed by atoms with van der Waals surface area (Å²) in [6, 6.07) is 0. The molecule has 0 bridgehead atoms. The van der Waals surface area contributed by atoms with Crippen molar-refractivity contribution in [2.45, 2.75) is 27.2 Å². The van der Waals surface area contributed by atoms with E-state index in [9.17, 15) is 0 Å². The van der Waals surface area contributed by atoms with Gasteiger partial charge >= 0.3 is 0 Å². The van der Waals surface area contributed by atoms with Gasteiger partial charge in [0.05, 0.1) is 0 Å². The zero-order valence-corrected chi connectivity index (χ0v) is 7.43. The van der Waals surface area contributed by atoms with Crippen LogP contribution in [-0.4, -0.2) is 24.5 Å². The molecule has 10 heavy (non-hydrogen) atoms. The first kappa shape index (κ1) is 8.06. The average molecular weight is 141 g/mol. The Balaban J connectivity index is 2.35. The number of rotatable bonds is 1. The summed E-state index contributed by atoms with van der Waals surface area (Å²) in [5, 5.41) is 0. The fraction of sp³-hybridized carbons (Fsp3) is 1.00. The van der Waals surface area contributed by atoms with Crippen molar-refractivity contribution < 1.29 is 0 Å². The average Bonchev–Trinajstić information content (AvgIpc) is 1.85. The summed E-state index contributed by atoms with van der Waals surface area (Å²) in [7, 11) is 0. The highest BCUT2D eigenvalue weighted by Crippen LogP contribution is 2.19. The van der Waals surface area contributed by atoms with Gasteiger partial charge in [0.2, 0.25) is 0 Å². The summed E-state index contributed by atoms with van der Waals surface area (Å²) < 4.78 is 0. The molecule has 0 aromatic carbocycles. The van der Waals surface area contributed by atoms with Crippen molar-refractivity contribution in [1.29, 1.82) is 0 Å². The third kappa shape index (κ3) is 1.98. The second-order valence-corrected chi connectivity index (χ2v) is 3.80. The van der Waals surface area contributed by atoms with Crippen LogP contribution in [0.1, 0.15) is 27.2 Å². The van der Waals surface area contributed by atoms with Crippen LogP contribution in [0.5, 0.6) is 0 Å². The van der Waals surface area contributed by atoms with Crippen LogP contribution in [0.2, 0.25) is 0 Å². The van der Waals surface area contributed by atoms with E-state index in [1.807, 2.05) is 0 Å². The van der Waals surface area contributed by atoms with Crippen LogP contribution >= 0.6 is 0 Å². The molecule has 0 aromatic rings. The molecule has 0 amide bonds.